The SMILES string of the molecule is CN(Cc1ccco1)C(=O)C1CSCN1C(=O)C1CCOC1. The Morgan fingerprint density at radius 1 is 1.50 bits per heavy atom. The molecule has 2 unspecified atom stereocenters. The molecule has 0 bridgehead atoms. The van der Waals surface area contributed by atoms with E-state index in [4.69, 9.17) is 9.15 Å². The molecule has 0 aromatic carbocycles. The van der Waals surface area contributed by atoms with Gasteiger partial charge in [-0.15, -0.1) is 11.8 Å². The average molecular weight is 324 g/mol. The smallest absolute Gasteiger partial charge is 0.246 e. The summed E-state index contributed by atoms with van der Waals surface area (Å²) >= 11 is 1.62. The van der Waals surface area contributed by atoms with Crippen LogP contribution in [0, 0.1) is 5.92 Å². The van der Waals surface area contributed by atoms with Crippen molar-refractivity contribution in [2.75, 3.05) is 31.9 Å². The zero-order chi connectivity index (χ0) is 15.5. The summed E-state index contributed by atoms with van der Waals surface area (Å²) in [6, 6.07) is 3.26. The molecular formula is C15H20N2O4S. The Bertz CT molecular complexity index is 528. The molecule has 1 aromatic rings. The number of likely N-dealkylation sites (N-methyl/N-ethyl adjacent to an activating group) is 1. The number of carbonyl (C=O) groups is 2. The van der Waals surface area contributed by atoms with Crippen molar-refractivity contribution in [3.8, 4) is 0 Å². The maximum Gasteiger partial charge on any atom is 0.246 e. The molecule has 3 rings (SSSR count). The number of thioether (sulfide) groups is 1. The Morgan fingerprint density at radius 2 is 2.36 bits per heavy atom. The van der Waals surface area contributed by atoms with E-state index >= 15 is 0 Å². The molecule has 120 valence electrons. The van der Waals surface area contributed by atoms with Crippen LogP contribution in [0.4, 0.5) is 0 Å². The molecule has 2 fully saturated rings. The highest BCUT2D eigenvalue weighted by atomic mass is 32.2. The quantitative estimate of drug-likeness (QED) is 0.832. The fourth-order valence-electron chi connectivity index (χ4n) is 2.80. The van der Waals surface area contributed by atoms with Crippen molar-refractivity contribution in [1.82, 2.24) is 9.80 Å². The van der Waals surface area contributed by atoms with E-state index in [-0.39, 0.29) is 23.8 Å². The highest BCUT2D eigenvalue weighted by molar-refractivity contribution is 7.99. The second-order valence-electron chi connectivity index (χ2n) is 5.66. The van der Waals surface area contributed by atoms with Crippen molar-refractivity contribution >= 4 is 23.6 Å². The number of nitrogens with zero attached hydrogens (tertiary/aromatic N) is 2. The zero-order valence-electron chi connectivity index (χ0n) is 12.6. The third kappa shape index (κ3) is 3.15. The molecule has 0 N–H and O–H groups in total. The molecule has 2 atom stereocenters. The average Bonchev–Trinajstić information content (AvgIpc) is 3.26. The first-order chi connectivity index (χ1) is 10.7. The van der Waals surface area contributed by atoms with Gasteiger partial charge in [0, 0.05) is 19.4 Å². The van der Waals surface area contributed by atoms with Crippen molar-refractivity contribution in [3.63, 3.8) is 0 Å². The molecule has 2 saturated heterocycles. The Balaban J connectivity index is 1.64. The van der Waals surface area contributed by atoms with Crippen LogP contribution in [-0.2, 0) is 20.9 Å². The van der Waals surface area contributed by atoms with Gasteiger partial charge < -0.3 is 19.0 Å². The van der Waals surface area contributed by atoms with Gasteiger partial charge in [-0.2, -0.15) is 0 Å². The molecule has 2 amide bonds. The van der Waals surface area contributed by atoms with Crippen LogP contribution in [0.15, 0.2) is 22.8 Å². The summed E-state index contributed by atoms with van der Waals surface area (Å²) in [4.78, 5) is 28.5. The van der Waals surface area contributed by atoms with E-state index in [1.54, 1.807) is 40.9 Å². The second kappa shape index (κ2) is 6.75. The second-order valence-corrected chi connectivity index (χ2v) is 6.66. The predicted molar refractivity (Wildman–Crippen MR) is 82.1 cm³/mol. The summed E-state index contributed by atoms with van der Waals surface area (Å²) in [5, 5.41) is 0. The minimum absolute atomic E-state index is 0.0336. The molecule has 22 heavy (non-hydrogen) atoms. The largest absolute Gasteiger partial charge is 0.467 e. The lowest BCUT2D eigenvalue weighted by atomic mass is 10.1. The normalized spacial score (nSPS) is 24.7. The lowest BCUT2D eigenvalue weighted by molar-refractivity contribution is -0.145. The minimum Gasteiger partial charge on any atom is -0.467 e. The Morgan fingerprint density at radius 3 is 3.05 bits per heavy atom. The van der Waals surface area contributed by atoms with Crippen LogP contribution in [0.5, 0.6) is 0 Å². The summed E-state index contributed by atoms with van der Waals surface area (Å²) in [5.41, 5.74) is 0. The van der Waals surface area contributed by atoms with Gasteiger partial charge in [-0.25, -0.2) is 0 Å². The van der Waals surface area contributed by atoms with Gasteiger partial charge >= 0.3 is 0 Å². The van der Waals surface area contributed by atoms with Crippen molar-refractivity contribution in [1.29, 1.82) is 0 Å². The fraction of sp³-hybridized carbons (Fsp3) is 0.600. The van der Waals surface area contributed by atoms with E-state index < -0.39 is 0 Å². The number of furan rings is 1. The highest BCUT2D eigenvalue weighted by Gasteiger charge is 2.39. The van der Waals surface area contributed by atoms with Gasteiger partial charge in [0.05, 0.1) is 31.2 Å². The summed E-state index contributed by atoms with van der Waals surface area (Å²) in [5.74, 6) is 1.90. The van der Waals surface area contributed by atoms with Gasteiger partial charge in [0.25, 0.3) is 0 Å². The van der Waals surface area contributed by atoms with E-state index in [1.165, 1.54) is 0 Å². The Hall–Kier alpha value is -1.47. The molecule has 7 heteroatoms. The standard InChI is InChI=1S/C15H20N2O4S/c1-16(7-12-3-2-5-21-12)15(19)13-9-22-10-17(13)14(18)11-4-6-20-8-11/h2-3,5,11,13H,4,6-10H2,1H3. The molecule has 0 saturated carbocycles. The number of hydrogen-bond acceptors (Lipinski definition) is 5. The van der Waals surface area contributed by atoms with Gasteiger partial charge in [0.15, 0.2) is 0 Å². The number of carbonyl (C=O) groups excluding carboxylic acids is 2. The van der Waals surface area contributed by atoms with Crippen molar-refractivity contribution in [3.05, 3.63) is 24.2 Å². The zero-order valence-corrected chi connectivity index (χ0v) is 13.4. The maximum atomic E-state index is 12.6. The highest BCUT2D eigenvalue weighted by Crippen LogP contribution is 2.27. The van der Waals surface area contributed by atoms with Crippen LogP contribution in [0.1, 0.15) is 12.2 Å². The predicted octanol–water partition coefficient (Wildman–Crippen LogP) is 1.18. The van der Waals surface area contributed by atoms with Crippen LogP contribution < -0.4 is 0 Å². The van der Waals surface area contributed by atoms with E-state index in [2.05, 4.69) is 0 Å². The molecule has 1 aromatic heterocycles. The third-order valence-electron chi connectivity index (χ3n) is 4.08. The van der Waals surface area contributed by atoms with E-state index in [9.17, 15) is 9.59 Å². The molecule has 2 aliphatic rings. The van der Waals surface area contributed by atoms with Gasteiger partial charge in [0.1, 0.15) is 11.8 Å². The molecular weight excluding hydrogens is 304 g/mol. The first-order valence-corrected chi connectivity index (χ1v) is 8.55. The Kier molecular flexibility index (Phi) is 4.73. The lowest BCUT2D eigenvalue weighted by Crippen LogP contribution is -2.49. The van der Waals surface area contributed by atoms with Gasteiger partial charge in [-0.1, -0.05) is 0 Å². The van der Waals surface area contributed by atoms with E-state index in [0.29, 0.717) is 31.4 Å². The fourth-order valence-corrected chi connectivity index (χ4v) is 3.95. The molecule has 3 heterocycles. The van der Waals surface area contributed by atoms with Crippen LogP contribution in [-0.4, -0.2) is 59.5 Å². The first-order valence-electron chi connectivity index (χ1n) is 7.40. The summed E-state index contributed by atoms with van der Waals surface area (Å²) in [7, 11) is 1.75. The van der Waals surface area contributed by atoms with Crippen LogP contribution in [0.3, 0.4) is 0 Å². The maximum absolute atomic E-state index is 12.6. The Labute approximate surface area is 133 Å². The van der Waals surface area contributed by atoms with Gasteiger partial charge in [-0.05, 0) is 18.6 Å². The van der Waals surface area contributed by atoms with E-state index in [0.717, 1.165) is 12.2 Å². The molecule has 0 aliphatic carbocycles. The van der Waals surface area contributed by atoms with E-state index in [1.807, 2.05) is 6.07 Å². The molecule has 0 radical (unpaired) electrons. The van der Waals surface area contributed by atoms with Crippen molar-refractivity contribution in [2.45, 2.75) is 19.0 Å². The van der Waals surface area contributed by atoms with Crippen LogP contribution >= 0.6 is 11.8 Å². The van der Waals surface area contributed by atoms with Crippen LogP contribution in [0.2, 0.25) is 0 Å². The summed E-state index contributed by atoms with van der Waals surface area (Å²) in [6.07, 6.45) is 2.35. The van der Waals surface area contributed by atoms with Gasteiger partial charge in [0.2, 0.25) is 11.8 Å². The number of amides is 2. The van der Waals surface area contributed by atoms with Crippen molar-refractivity contribution < 1.29 is 18.7 Å². The molecule has 2 aliphatic heterocycles. The van der Waals surface area contributed by atoms with Gasteiger partial charge in [-0.3, -0.25) is 9.59 Å². The molecule has 0 spiro atoms. The minimum atomic E-state index is -0.377. The number of hydrogen-bond donors (Lipinski definition) is 0. The first kappa shape index (κ1) is 15.4. The lowest BCUT2D eigenvalue weighted by Gasteiger charge is -2.28. The summed E-state index contributed by atoms with van der Waals surface area (Å²) < 4.78 is 10.6. The monoisotopic (exact) mass is 324 g/mol. The number of ether oxygens (including phenoxy) is 1. The van der Waals surface area contributed by atoms with Crippen molar-refractivity contribution in [2.24, 2.45) is 5.92 Å². The topological polar surface area (TPSA) is 63.0 Å². The number of rotatable bonds is 4. The third-order valence-corrected chi connectivity index (χ3v) is 5.09. The summed E-state index contributed by atoms with van der Waals surface area (Å²) in [6.45, 7) is 1.53. The van der Waals surface area contributed by atoms with Crippen LogP contribution in [0.25, 0.3) is 0 Å². The molecule has 6 nitrogen and oxygen atoms in total.